The van der Waals surface area contributed by atoms with Crippen LogP contribution in [0.25, 0.3) is 0 Å². The van der Waals surface area contributed by atoms with Crippen molar-refractivity contribution in [2.75, 3.05) is 13.7 Å². The smallest absolute Gasteiger partial charge is 0.120 e. The average molecular weight is 216 g/mol. The number of methoxy groups -OCH3 is 1. The van der Waals surface area contributed by atoms with E-state index in [0.29, 0.717) is 11.4 Å². The molecule has 1 aromatic rings. The van der Waals surface area contributed by atoms with Crippen molar-refractivity contribution in [1.82, 2.24) is 0 Å². The molecule has 1 atom stereocenters. The Bertz CT molecular complexity index is 304. The normalized spacial score (nSPS) is 12.6. The summed E-state index contributed by atoms with van der Waals surface area (Å²) in [6.45, 7) is -0.0393. The largest absolute Gasteiger partial charge is 0.497 e. The Balaban J connectivity index is 2.78. The number of hydrogen-bond acceptors (Lipinski definition) is 3. The first-order chi connectivity index (χ1) is 6.67. The van der Waals surface area contributed by atoms with E-state index in [2.05, 4.69) is 0 Å². The number of hydrogen-bond donors (Lipinski definition) is 2. The highest BCUT2D eigenvalue weighted by atomic mass is 35.5. The van der Waals surface area contributed by atoms with Gasteiger partial charge in [0.2, 0.25) is 0 Å². The standard InChI is InChI=1S/C10H14ClNO2/c1-14-9-3-2-7(10(11)5-9)4-8(12)6-13/h2-3,5,8,13H,4,6,12H2,1H3. The summed E-state index contributed by atoms with van der Waals surface area (Å²) >= 11 is 5.99. The molecular weight excluding hydrogens is 202 g/mol. The molecule has 78 valence electrons. The highest BCUT2D eigenvalue weighted by Gasteiger charge is 2.06. The van der Waals surface area contributed by atoms with E-state index < -0.39 is 0 Å². The first-order valence-corrected chi connectivity index (χ1v) is 4.74. The van der Waals surface area contributed by atoms with Crippen molar-refractivity contribution >= 4 is 11.6 Å². The number of ether oxygens (including phenoxy) is 1. The Hall–Kier alpha value is -0.770. The Morgan fingerprint density at radius 2 is 2.29 bits per heavy atom. The number of rotatable bonds is 4. The van der Waals surface area contributed by atoms with Gasteiger partial charge in [-0.05, 0) is 24.1 Å². The number of benzene rings is 1. The molecule has 1 rings (SSSR count). The third kappa shape index (κ3) is 2.87. The Morgan fingerprint density at radius 1 is 1.57 bits per heavy atom. The second-order valence-corrected chi connectivity index (χ2v) is 3.51. The lowest BCUT2D eigenvalue weighted by atomic mass is 10.1. The maximum absolute atomic E-state index is 8.79. The molecule has 3 N–H and O–H groups in total. The van der Waals surface area contributed by atoms with Crippen LogP contribution in [0.2, 0.25) is 5.02 Å². The molecule has 1 unspecified atom stereocenters. The van der Waals surface area contributed by atoms with Crippen LogP contribution in [0.5, 0.6) is 5.75 Å². The highest BCUT2D eigenvalue weighted by molar-refractivity contribution is 6.31. The summed E-state index contributed by atoms with van der Waals surface area (Å²) in [6, 6.07) is 5.16. The summed E-state index contributed by atoms with van der Waals surface area (Å²) in [4.78, 5) is 0. The zero-order valence-electron chi connectivity index (χ0n) is 8.03. The van der Waals surface area contributed by atoms with Gasteiger partial charge in [-0.1, -0.05) is 17.7 Å². The van der Waals surface area contributed by atoms with Crippen LogP contribution in [0.4, 0.5) is 0 Å². The number of halogens is 1. The van der Waals surface area contributed by atoms with Crippen molar-refractivity contribution in [3.05, 3.63) is 28.8 Å². The lowest BCUT2D eigenvalue weighted by molar-refractivity contribution is 0.265. The summed E-state index contributed by atoms with van der Waals surface area (Å²) in [7, 11) is 1.59. The minimum atomic E-state index is -0.263. The molecule has 0 saturated heterocycles. The van der Waals surface area contributed by atoms with Crippen LogP contribution in [0.3, 0.4) is 0 Å². The van der Waals surface area contributed by atoms with Gasteiger partial charge in [-0.2, -0.15) is 0 Å². The SMILES string of the molecule is COc1ccc(CC(N)CO)c(Cl)c1. The summed E-state index contributed by atoms with van der Waals surface area (Å²) in [5.74, 6) is 0.719. The van der Waals surface area contributed by atoms with E-state index in [0.717, 1.165) is 11.3 Å². The van der Waals surface area contributed by atoms with Gasteiger partial charge in [0.15, 0.2) is 0 Å². The number of aliphatic hydroxyl groups excluding tert-OH is 1. The molecule has 0 spiro atoms. The van der Waals surface area contributed by atoms with Gasteiger partial charge in [0, 0.05) is 11.1 Å². The van der Waals surface area contributed by atoms with Crippen LogP contribution in [0.15, 0.2) is 18.2 Å². The molecule has 0 aliphatic rings. The highest BCUT2D eigenvalue weighted by Crippen LogP contribution is 2.23. The molecular formula is C10H14ClNO2. The Labute approximate surface area is 88.4 Å². The molecule has 0 fully saturated rings. The summed E-state index contributed by atoms with van der Waals surface area (Å²) in [6.07, 6.45) is 0.569. The van der Waals surface area contributed by atoms with Gasteiger partial charge in [-0.25, -0.2) is 0 Å². The van der Waals surface area contributed by atoms with E-state index in [1.54, 1.807) is 13.2 Å². The second-order valence-electron chi connectivity index (χ2n) is 3.10. The van der Waals surface area contributed by atoms with Gasteiger partial charge in [0.25, 0.3) is 0 Å². The van der Waals surface area contributed by atoms with Crippen LogP contribution in [-0.4, -0.2) is 24.9 Å². The predicted molar refractivity (Wildman–Crippen MR) is 56.8 cm³/mol. The molecule has 0 saturated carbocycles. The van der Waals surface area contributed by atoms with Crippen LogP contribution in [0.1, 0.15) is 5.56 Å². The summed E-state index contributed by atoms with van der Waals surface area (Å²) in [5, 5.41) is 9.41. The molecule has 0 aromatic heterocycles. The lowest BCUT2D eigenvalue weighted by Crippen LogP contribution is -2.26. The minimum Gasteiger partial charge on any atom is -0.497 e. The van der Waals surface area contributed by atoms with Gasteiger partial charge >= 0.3 is 0 Å². The van der Waals surface area contributed by atoms with Crippen molar-refractivity contribution in [2.45, 2.75) is 12.5 Å². The van der Waals surface area contributed by atoms with Gasteiger partial charge in [-0.3, -0.25) is 0 Å². The predicted octanol–water partition coefficient (Wildman–Crippen LogP) is 1.21. The molecule has 0 aliphatic carbocycles. The van der Waals surface area contributed by atoms with E-state index in [1.165, 1.54) is 0 Å². The first kappa shape index (κ1) is 11.3. The Kier molecular flexibility index (Phi) is 4.20. The van der Waals surface area contributed by atoms with Crippen LogP contribution < -0.4 is 10.5 Å². The van der Waals surface area contributed by atoms with Crippen molar-refractivity contribution in [1.29, 1.82) is 0 Å². The zero-order chi connectivity index (χ0) is 10.6. The first-order valence-electron chi connectivity index (χ1n) is 4.36. The summed E-state index contributed by atoms with van der Waals surface area (Å²) in [5.41, 5.74) is 6.53. The topological polar surface area (TPSA) is 55.5 Å². The van der Waals surface area contributed by atoms with Crippen LogP contribution in [-0.2, 0) is 6.42 Å². The lowest BCUT2D eigenvalue weighted by Gasteiger charge is -2.10. The van der Waals surface area contributed by atoms with Gasteiger partial charge in [0.1, 0.15) is 5.75 Å². The zero-order valence-corrected chi connectivity index (χ0v) is 8.79. The molecule has 0 heterocycles. The van der Waals surface area contributed by atoms with Gasteiger partial charge in [0.05, 0.1) is 13.7 Å². The third-order valence-corrected chi connectivity index (χ3v) is 2.33. The van der Waals surface area contributed by atoms with Gasteiger partial charge in [-0.15, -0.1) is 0 Å². The molecule has 0 bridgehead atoms. The molecule has 1 aromatic carbocycles. The fourth-order valence-corrected chi connectivity index (χ4v) is 1.42. The molecule has 0 radical (unpaired) electrons. The Morgan fingerprint density at radius 3 is 2.79 bits per heavy atom. The minimum absolute atomic E-state index is 0.0393. The fraction of sp³-hybridized carbons (Fsp3) is 0.400. The third-order valence-electron chi connectivity index (χ3n) is 1.98. The van der Waals surface area contributed by atoms with E-state index in [9.17, 15) is 0 Å². The molecule has 14 heavy (non-hydrogen) atoms. The quantitative estimate of drug-likeness (QED) is 0.794. The maximum Gasteiger partial charge on any atom is 0.120 e. The molecule has 3 nitrogen and oxygen atoms in total. The average Bonchev–Trinajstić information content (AvgIpc) is 2.20. The van der Waals surface area contributed by atoms with Crippen molar-refractivity contribution < 1.29 is 9.84 Å². The van der Waals surface area contributed by atoms with Gasteiger partial charge < -0.3 is 15.6 Å². The van der Waals surface area contributed by atoms with E-state index >= 15 is 0 Å². The number of nitrogens with two attached hydrogens (primary N) is 1. The second kappa shape index (κ2) is 5.20. The molecule has 4 heteroatoms. The van der Waals surface area contributed by atoms with Crippen molar-refractivity contribution in [2.24, 2.45) is 5.73 Å². The van der Waals surface area contributed by atoms with Crippen molar-refractivity contribution in [3.63, 3.8) is 0 Å². The van der Waals surface area contributed by atoms with Crippen LogP contribution >= 0.6 is 11.6 Å². The van der Waals surface area contributed by atoms with E-state index in [1.807, 2.05) is 12.1 Å². The number of aliphatic hydroxyl groups is 1. The van der Waals surface area contributed by atoms with Crippen molar-refractivity contribution in [3.8, 4) is 5.75 Å². The molecule has 0 amide bonds. The van der Waals surface area contributed by atoms with Crippen LogP contribution in [0, 0.1) is 0 Å². The molecule has 0 aliphatic heterocycles. The fourth-order valence-electron chi connectivity index (χ4n) is 1.17. The van der Waals surface area contributed by atoms with E-state index in [-0.39, 0.29) is 12.6 Å². The van der Waals surface area contributed by atoms with E-state index in [4.69, 9.17) is 27.2 Å². The summed E-state index contributed by atoms with van der Waals surface area (Å²) < 4.78 is 5.02. The maximum atomic E-state index is 8.79. The monoisotopic (exact) mass is 215 g/mol.